The summed E-state index contributed by atoms with van der Waals surface area (Å²) in [5.41, 5.74) is 2.27. The molecule has 0 unspecified atom stereocenters. The number of sulfonamides is 1. The van der Waals surface area contributed by atoms with E-state index in [1.54, 1.807) is 67.6 Å². The lowest BCUT2D eigenvalue weighted by Gasteiger charge is -2.27. The van der Waals surface area contributed by atoms with Crippen molar-refractivity contribution >= 4 is 33.2 Å². The minimum absolute atomic E-state index is 0.0857. The third-order valence-electron chi connectivity index (χ3n) is 5.84. The minimum atomic E-state index is -3.74. The SMILES string of the molecule is Cc1cc(C(=O)Nc2ccccc2C(=O)N2CCCCC2)ccc1NS(=O)(=O)c1ccccc1. The zero-order valence-electron chi connectivity index (χ0n) is 19.0. The predicted octanol–water partition coefficient (Wildman–Crippen LogP) is 4.67. The molecule has 3 aromatic rings. The lowest BCUT2D eigenvalue weighted by atomic mass is 10.1. The van der Waals surface area contributed by atoms with Crippen LogP contribution in [0, 0.1) is 6.92 Å². The van der Waals surface area contributed by atoms with E-state index in [4.69, 9.17) is 0 Å². The van der Waals surface area contributed by atoms with E-state index in [9.17, 15) is 18.0 Å². The number of anilines is 2. The van der Waals surface area contributed by atoms with Crippen LogP contribution in [0.3, 0.4) is 0 Å². The summed E-state index contributed by atoms with van der Waals surface area (Å²) in [5.74, 6) is -0.461. The number of likely N-dealkylation sites (tertiary alicyclic amines) is 1. The number of carbonyl (C=O) groups excluding carboxylic acids is 2. The molecular formula is C26H27N3O4S. The molecule has 1 aliphatic rings. The molecule has 1 aliphatic heterocycles. The molecule has 2 amide bonds. The molecule has 0 saturated carbocycles. The first-order chi connectivity index (χ1) is 16.3. The number of carbonyl (C=O) groups is 2. The van der Waals surface area contributed by atoms with Crippen molar-refractivity contribution in [3.05, 3.63) is 89.5 Å². The average molecular weight is 478 g/mol. The van der Waals surface area contributed by atoms with Gasteiger partial charge < -0.3 is 10.2 Å². The molecule has 176 valence electrons. The predicted molar refractivity (Wildman–Crippen MR) is 133 cm³/mol. The normalized spacial score (nSPS) is 13.9. The second kappa shape index (κ2) is 10.1. The maximum Gasteiger partial charge on any atom is 0.261 e. The van der Waals surface area contributed by atoms with Crippen LogP contribution >= 0.6 is 0 Å². The van der Waals surface area contributed by atoms with Crippen molar-refractivity contribution in [3.8, 4) is 0 Å². The van der Waals surface area contributed by atoms with Crippen LogP contribution in [0.15, 0.2) is 77.7 Å². The molecule has 0 radical (unpaired) electrons. The molecule has 0 aromatic heterocycles. The van der Waals surface area contributed by atoms with E-state index in [-0.39, 0.29) is 16.7 Å². The highest BCUT2D eigenvalue weighted by Crippen LogP contribution is 2.24. The molecule has 4 rings (SSSR count). The molecule has 2 N–H and O–H groups in total. The van der Waals surface area contributed by atoms with E-state index in [0.717, 1.165) is 32.4 Å². The quantitative estimate of drug-likeness (QED) is 0.539. The Morgan fingerprint density at radius 3 is 2.21 bits per heavy atom. The summed E-state index contributed by atoms with van der Waals surface area (Å²) in [5, 5.41) is 2.84. The second-order valence-corrected chi connectivity index (χ2v) is 9.98. The molecule has 8 heteroatoms. The zero-order valence-corrected chi connectivity index (χ0v) is 19.8. The largest absolute Gasteiger partial charge is 0.339 e. The lowest BCUT2D eigenvalue weighted by molar-refractivity contribution is 0.0725. The first-order valence-corrected chi connectivity index (χ1v) is 12.7. The number of hydrogen-bond donors (Lipinski definition) is 2. The van der Waals surface area contributed by atoms with Gasteiger partial charge in [-0.3, -0.25) is 14.3 Å². The fraction of sp³-hybridized carbons (Fsp3) is 0.231. The Labute approximate surface area is 199 Å². The summed E-state index contributed by atoms with van der Waals surface area (Å²) in [7, 11) is -3.74. The maximum absolute atomic E-state index is 13.0. The molecule has 0 spiro atoms. The minimum Gasteiger partial charge on any atom is -0.339 e. The fourth-order valence-corrected chi connectivity index (χ4v) is 5.12. The number of piperidine rings is 1. The third kappa shape index (κ3) is 5.28. The van der Waals surface area contributed by atoms with Gasteiger partial charge in [0.05, 0.1) is 21.8 Å². The maximum atomic E-state index is 13.0. The summed E-state index contributed by atoms with van der Waals surface area (Å²) in [6.07, 6.45) is 3.10. The Hall–Kier alpha value is -3.65. The van der Waals surface area contributed by atoms with Gasteiger partial charge in [-0.15, -0.1) is 0 Å². The number of hydrogen-bond acceptors (Lipinski definition) is 4. The molecule has 3 aromatic carbocycles. The molecule has 34 heavy (non-hydrogen) atoms. The van der Waals surface area contributed by atoms with Crippen LogP contribution in [-0.2, 0) is 10.0 Å². The van der Waals surface area contributed by atoms with Gasteiger partial charge >= 0.3 is 0 Å². The Bertz CT molecular complexity index is 1300. The monoisotopic (exact) mass is 477 g/mol. The summed E-state index contributed by atoms with van der Waals surface area (Å²) >= 11 is 0. The van der Waals surface area contributed by atoms with Crippen molar-refractivity contribution < 1.29 is 18.0 Å². The van der Waals surface area contributed by atoms with Gasteiger partial charge in [-0.25, -0.2) is 8.42 Å². The van der Waals surface area contributed by atoms with Gasteiger partial charge in [0.2, 0.25) is 0 Å². The smallest absolute Gasteiger partial charge is 0.261 e. The van der Waals surface area contributed by atoms with Crippen molar-refractivity contribution in [3.63, 3.8) is 0 Å². The van der Waals surface area contributed by atoms with E-state index in [0.29, 0.717) is 28.1 Å². The van der Waals surface area contributed by atoms with Gasteiger partial charge in [-0.2, -0.15) is 0 Å². The summed E-state index contributed by atoms with van der Waals surface area (Å²) in [4.78, 5) is 27.9. The van der Waals surface area contributed by atoms with Crippen LogP contribution in [0.1, 0.15) is 45.5 Å². The highest BCUT2D eigenvalue weighted by molar-refractivity contribution is 7.92. The van der Waals surface area contributed by atoms with E-state index in [1.807, 2.05) is 4.90 Å². The molecule has 0 aliphatic carbocycles. The first-order valence-electron chi connectivity index (χ1n) is 11.2. The Morgan fingerprint density at radius 2 is 1.50 bits per heavy atom. The Balaban J connectivity index is 1.50. The summed E-state index contributed by atoms with van der Waals surface area (Å²) in [6, 6.07) is 19.8. The van der Waals surface area contributed by atoms with Crippen LogP contribution in [0.5, 0.6) is 0 Å². The third-order valence-corrected chi connectivity index (χ3v) is 7.22. The van der Waals surface area contributed by atoms with Crippen molar-refractivity contribution in [1.82, 2.24) is 4.90 Å². The fourth-order valence-electron chi connectivity index (χ4n) is 3.96. The van der Waals surface area contributed by atoms with Gasteiger partial charge in [0, 0.05) is 18.7 Å². The molecule has 1 saturated heterocycles. The molecular weight excluding hydrogens is 450 g/mol. The number of amides is 2. The van der Waals surface area contributed by atoms with Gasteiger partial charge in [-0.05, 0) is 74.2 Å². The number of benzene rings is 3. The molecule has 0 bridgehead atoms. The summed E-state index contributed by atoms with van der Waals surface area (Å²) < 4.78 is 27.8. The topological polar surface area (TPSA) is 95.6 Å². The van der Waals surface area contributed by atoms with Gasteiger partial charge in [0.15, 0.2) is 0 Å². The molecule has 0 atom stereocenters. The number of para-hydroxylation sites is 1. The van der Waals surface area contributed by atoms with Gasteiger partial charge in [0.1, 0.15) is 0 Å². The van der Waals surface area contributed by atoms with Gasteiger partial charge in [-0.1, -0.05) is 30.3 Å². The number of nitrogens with zero attached hydrogens (tertiary/aromatic N) is 1. The molecule has 1 heterocycles. The van der Waals surface area contributed by atoms with Crippen molar-refractivity contribution in [2.24, 2.45) is 0 Å². The van der Waals surface area contributed by atoms with Crippen molar-refractivity contribution in [1.29, 1.82) is 0 Å². The van der Waals surface area contributed by atoms with Crippen LogP contribution in [-0.4, -0.2) is 38.2 Å². The zero-order chi connectivity index (χ0) is 24.1. The molecule has 7 nitrogen and oxygen atoms in total. The molecule has 1 fully saturated rings. The van der Waals surface area contributed by atoms with Crippen LogP contribution in [0.4, 0.5) is 11.4 Å². The summed E-state index contributed by atoms with van der Waals surface area (Å²) in [6.45, 7) is 3.18. The highest BCUT2D eigenvalue weighted by atomic mass is 32.2. The Kier molecular flexibility index (Phi) is 6.98. The van der Waals surface area contributed by atoms with Crippen LogP contribution in [0.2, 0.25) is 0 Å². The standard InChI is InChI=1S/C26H27N3O4S/c1-19-18-20(14-15-23(19)28-34(32,33)21-10-4-2-5-11-21)25(30)27-24-13-7-6-12-22(24)26(31)29-16-8-3-9-17-29/h2,4-7,10-15,18,28H,3,8-9,16-17H2,1H3,(H,27,30). The lowest BCUT2D eigenvalue weighted by Crippen LogP contribution is -2.36. The highest BCUT2D eigenvalue weighted by Gasteiger charge is 2.22. The average Bonchev–Trinajstić information content (AvgIpc) is 2.86. The Morgan fingerprint density at radius 1 is 0.824 bits per heavy atom. The van der Waals surface area contributed by atoms with E-state index >= 15 is 0 Å². The van der Waals surface area contributed by atoms with Crippen LogP contribution in [0.25, 0.3) is 0 Å². The van der Waals surface area contributed by atoms with Crippen molar-refractivity contribution in [2.75, 3.05) is 23.1 Å². The number of nitrogens with one attached hydrogen (secondary N) is 2. The second-order valence-electron chi connectivity index (χ2n) is 8.30. The number of rotatable bonds is 6. The van der Waals surface area contributed by atoms with Gasteiger partial charge in [0.25, 0.3) is 21.8 Å². The van der Waals surface area contributed by atoms with Crippen molar-refractivity contribution in [2.45, 2.75) is 31.1 Å². The van der Waals surface area contributed by atoms with E-state index in [2.05, 4.69) is 10.0 Å². The van der Waals surface area contributed by atoms with E-state index in [1.165, 1.54) is 12.1 Å². The van der Waals surface area contributed by atoms with Crippen LogP contribution < -0.4 is 10.0 Å². The first kappa shape index (κ1) is 23.5. The number of aryl methyl sites for hydroxylation is 1. The van der Waals surface area contributed by atoms with E-state index < -0.39 is 10.0 Å².